The van der Waals surface area contributed by atoms with E-state index in [0.29, 0.717) is 18.8 Å². The van der Waals surface area contributed by atoms with Gasteiger partial charge >= 0.3 is 0 Å². The van der Waals surface area contributed by atoms with Crippen molar-refractivity contribution in [2.45, 2.75) is 25.2 Å². The molecule has 2 unspecified atom stereocenters. The van der Waals surface area contributed by atoms with Crippen molar-refractivity contribution in [2.75, 3.05) is 11.4 Å². The molecular weight excluding hydrogens is 340 g/mol. The fourth-order valence-electron chi connectivity index (χ4n) is 3.32. The van der Waals surface area contributed by atoms with Crippen LogP contribution in [0.4, 0.5) is 5.82 Å². The minimum absolute atomic E-state index is 0.0308. The average Bonchev–Trinajstić information content (AvgIpc) is 2.71. The maximum absolute atomic E-state index is 10.3. The molecule has 1 saturated heterocycles. The summed E-state index contributed by atoms with van der Waals surface area (Å²) in [6.45, 7) is 0.680. The van der Waals surface area contributed by atoms with E-state index >= 15 is 0 Å². The number of ether oxygens (including phenoxy) is 2. The van der Waals surface area contributed by atoms with Gasteiger partial charge in [-0.05, 0) is 36.4 Å². The number of rotatable bonds is 5. The van der Waals surface area contributed by atoms with Crippen LogP contribution in [0, 0.1) is 0 Å². The number of para-hydroxylation sites is 2. The molecule has 5 heteroatoms. The number of piperidine rings is 1. The molecule has 0 spiro atoms. The lowest BCUT2D eigenvalue weighted by atomic mass is 10.1. The maximum atomic E-state index is 10.3. The molecular formula is C22H22N2O3. The number of nitrogens with zero attached hydrogens (tertiary/aromatic N) is 2. The van der Waals surface area contributed by atoms with Crippen LogP contribution >= 0.6 is 0 Å². The Bertz CT molecular complexity index is 858. The van der Waals surface area contributed by atoms with Crippen LogP contribution in [0.25, 0.3) is 0 Å². The van der Waals surface area contributed by atoms with Crippen LogP contribution < -0.4 is 14.4 Å². The van der Waals surface area contributed by atoms with Gasteiger partial charge in [-0.15, -0.1) is 0 Å². The van der Waals surface area contributed by atoms with Gasteiger partial charge in [0, 0.05) is 25.6 Å². The highest BCUT2D eigenvalue weighted by Crippen LogP contribution is 2.32. The van der Waals surface area contributed by atoms with Gasteiger partial charge in [-0.3, -0.25) is 0 Å². The van der Waals surface area contributed by atoms with Gasteiger partial charge in [0.1, 0.15) is 17.6 Å². The van der Waals surface area contributed by atoms with Gasteiger partial charge < -0.3 is 19.5 Å². The normalized spacial score (nSPS) is 19.5. The molecule has 1 aromatic heterocycles. The monoisotopic (exact) mass is 362 g/mol. The second kappa shape index (κ2) is 7.99. The Labute approximate surface area is 158 Å². The van der Waals surface area contributed by atoms with Crippen LogP contribution in [0.5, 0.6) is 17.2 Å². The van der Waals surface area contributed by atoms with Gasteiger partial charge in [0.25, 0.3) is 0 Å². The second-order valence-corrected chi connectivity index (χ2v) is 6.50. The van der Waals surface area contributed by atoms with E-state index < -0.39 is 0 Å². The zero-order valence-electron chi connectivity index (χ0n) is 14.9. The summed E-state index contributed by atoms with van der Waals surface area (Å²) in [5.41, 5.74) is 0. The Balaban J connectivity index is 1.55. The maximum Gasteiger partial charge on any atom is 0.177 e. The Kier molecular flexibility index (Phi) is 5.10. The SMILES string of the molecule is Oc1cccnc1N1CCC(Oc2ccccc2)CC1Oc1ccccc1. The van der Waals surface area contributed by atoms with Crippen LogP contribution in [0.3, 0.4) is 0 Å². The third-order valence-corrected chi connectivity index (χ3v) is 4.60. The third kappa shape index (κ3) is 4.14. The fraction of sp³-hybridized carbons (Fsp3) is 0.227. The van der Waals surface area contributed by atoms with Gasteiger partial charge in [-0.2, -0.15) is 0 Å². The zero-order valence-corrected chi connectivity index (χ0v) is 14.9. The summed E-state index contributed by atoms with van der Waals surface area (Å²) in [6, 6.07) is 22.9. The minimum Gasteiger partial charge on any atom is -0.504 e. The van der Waals surface area contributed by atoms with E-state index in [1.165, 1.54) is 0 Å². The van der Waals surface area contributed by atoms with Crippen LogP contribution in [0.15, 0.2) is 79.0 Å². The molecule has 4 rings (SSSR count). The highest BCUT2D eigenvalue weighted by atomic mass is 16.5. The first-order chi connectivity index (χ1) is 13.3. The van der Waals surface area contributed by atoms with E-state index in [9.17, 15) is 5.11 Å². The molecule has 2 atom stereocenters. The standard InChI is InChI=1S/C22H22N2O3/c25-20-12-7-14-23-22(20)24-15-13-19(26-17-8-3-1-4-9-17)16-21(24)27-18-10-5-2-6-11-18/h1-12,14,19,21,25H,13,15-16H2. The number of benzene rings is 2. The van der Waals surface area contributed by atoms with Crippen molar-refractivity contribution in [1.29, 1.82) is 0 Å². The number of pyridine rings is 1. The van der Waals surface area contributed by atoms with Crippen LogP contribution in [-0.2, 0) is 0 Å². The lowest BCUT2D eigenvalue weighted by Gasteiger charge is -2.39. The van der Waals surface area contributed by atoms with E-state index in [0.717, 1.165) is 17.9 Å². The largest absolute Gasteiger partial charge is 0.504 e. The topological polar surface area (TPSA) is 54.8 Å². The van der Waals surface area contributed by atoms with Gasteiger partial charge in [-0.25, -0.2) is 4.98 Å². The lowest BCUT2D eigenvalue weighted by Crippen LogP contribution is -2.49. The first-order valence-corrected chi connectivity index (χ1v) is 9.13. The zero-order chi connectivity index (χ0) is 18.5. The number of aromatic nitrogens is 1. The molecule has 1 N–H and O–H groups in total. The molecule has 0 bridgehead atoms. The lowest BCUT2D eigenvalue weighted by molar-refractivity contribution is 0.0769. The van der Waals surface area contributed by atoms with Gasteiger partial charge in [0.15, 0.2) is 17.8 Å². The predicted molar refractivity (Wildman–Crippen MR) is 104 cm³/mol. The van der Waals surface area contributed by atoms with Gasteiger partial charge in [0.2, 0.25) is 0 Å². The van der Waals surface area contributed by atoms with Crippen LogP contribution in [-0.4, -0.2) is 29.0 Å². The molecule has 5 nitrogen and oxygen atoms in total. The summed E-state index contributed by atoms with van der Waals surface area (Å²) in [4.78, 5) is 6.37. The molecule has 0 amide bonds. The Morgan fingerprint density at radius 2 is 1.52 bits per heavy atom. The first-order valence-electron chi connectivity index (χ1n) is 9.13. The molecule has 0 aliphatic carbocycles. The number of aromatic hydroxyl groups is 1. The quantitative estimate of drug-likeness (QED) is 0.736. The molecule has 1 aliphatic rings. The Morgan fingerprint density at radius 3 is 2.19 bits per heavy atom. The molecule has 138 valence electrons. The summed E-state index contributed by atoms with van der Waals surface area (Å²) >= 11 is 0. The fourth-order valence-corrected chi connectivity index (χ4v) is 3.32. The third-order valence-electron chi connectivity index (χ3n) is 4.60. The van der Waals surface area contributed by atoms with Crippen LogP contribution in [0.2, 0.25) is 0 Å². The minimum atomic E-state index is -0.282. The van der Waals surface area contributed by atoms with E-state index in [4.69, 9.17) is 9.47 Å². The number of anilines is 1. The average molecular weight is 362 g/mol. The van der Waals surface area contributed by atoms with Gasteiger partial charge in [0.05, 0.1) is 0 Å². The number of hydrogen-bond donors (Lipinski definition) is 1. The highest BCUT2D eigenvalue weighted by molar-refractivity contribution is 5.52. The van der Waals surface area contributed by atoms with Crippen molar-refractivity contribution in [1.82, 2.24) is 4.98 Å². The van der Waals surface area contributed by atoms with Gasteiger partial charge in [-0.1, -0.05) is 36.4 Å². The summed E-state index contributed by atoms with van der Waals surface area (Å²) < 4.78 is 12.4. The number of hydrogen-bond acceptors (Lipinski definition) is 5. The van der Waals surface area contributed by atoms with Crippen molar-refractivity contribution < 1.29 is 14.6 Å². The predicted octanol–water partition coefficient (Wildman–Crippen LogP) is 4.24. The molecule has 2 aromatic carbocycles. The molecule has 3 aromatic rings. The summed E-state index contributed by atoms with van der Waals surface area (Å²) in [5, 5.41) is 10.3. The molecule has 0 saturated carbocycles. The van der Waals surface area contributed by atoms with Crippen molar-refractivity contribution in [2.24, 2.45) is 0 Å². The summed E-state index contributed by atoms with van der Waals surface area (Å²) in [5.74, 6) is 2.33. The van der Waals surface area contributed by atoms with E-state index in [1.807, 2.05) is 65.6 Å². The smallest absolute Gasteiger partial charge is 0.177 e. The Morgan fingerprint density at radius 1 is 0.852 bits per heavy atom. The van der Waals surface area contributed by atoms with Crippen molar-refractivity contribution >= 4 is 5.82 Å². The molecule has 1 fully saturated rings. The molecule has 2 heterocycles. The van der Waals surface area contributed by atoms with Crippen molar-refractivity contribution in [3.05, 3.63) is 79.0 Å². The summed E-state index contributed by atoms with van der Waals surface area (Å²) in [6.07, 6.45) is 2.92. The molecule has 0 radical (unpaired) electrons. The van der Waals surface area contributed by atoms with Crippen LogP contribution in [0.1, 0.15) is 12.8 Å². The van der Waals surface area contributed by atoms with E-state index in [-0.39, 0.29) is 18.1 Å². The van der Waals surface area contributed by atoms with Crippen molar-refractivity contribution in [3.63, 3.8) is 0 Å². The van der Waals surface area contributed by atoms with E-state index in [2.05, 4.69) is 4.98 Å². The highest BCUT2D eigenvalue weighted by Gasteiger charge is 2.33. The molecule has 1 aliphatic heterocycles. The summed E-state index contributed by atoms with van der Waals surface area (Å²) in [7, 11) is 0. The Hall–Kier alpha value is -3.21. The van der Waals surface area contributed by atoms with Crippen molar-refractivity contribution in [3.8, 4) is 17.2 Å². The first kappa shape index (κ1) is 17.2. The molecule has 27 heavy (non-hydrogen) atoms. The van der Waals surface area contributed by atoms with E-state index in [1.54, 1.807) is 18.3 Å². The second-order valence-electron chi connectivity index (χ2n) is 6.50.